The van der Waals surface area contributed by atoms with E-state index >= 15 is 0 Å². The number of rotatable bonds is 6. The zero-order valence-electron chi connectivity index (χ0n) is 11.4. The number of benzene rings is 1. The van der Waals surface area contributed by atoms with Crippen LogP contribution in [0.4, 0.5) is 4.39 Å². The molecule has 0 spiro atoms. The second-order valence-corrected chi connectivity index (χ2v) is 6.01. The molecule has 0 amide bonds. The van der Waals surface area contributed by atoms with Gasteiger partial charge in [-0.3, -0.25) is 0 Å². The average Bonchev–Trinajstić information content (AvgIpc) is 2.84. The number of aromatic carboxylic acids is 1. The second kappa shape index (κ2) is 6.91. The van der Waals surface area contributed by atoms with Crippen LogP contribution in [0.25, 0.3) is 0 Å². The highest BCUT2D eigenvalue weighted by atomic mass is 35.5. The molecule has 0 aliphatic rings. The van der Waals surface area contributed by atoms with E-state index in [4.69, 9.17) is 16.3 Å². The second-order valence-electron chi connectivity index (χ2n) is 4.46. The fourth-order valence-electron chi connectivity index (χ4n) is 1.86. The minimum absolute atomic E-state index is 0.0200. The van der Waals surface area contributed by atoms with Crippen LogP contribution >= 0.6 is 22.9 Å². The summed E-state index contributed by atoms with van der Waals surface area (Å²) in [6.07, 6.45) is 1.71. The van der Waals surface area contributed by atoms with E-state index in [9.17, 15) is 14.3 Å². The SMILES string of the molecule is CCCc1cc(OCc2cccc(Cl)c2F)c(C(=O)O)s1. The molecule has 1 N–H and O–H groups in total. The Hall–Kier alpha value is -1.59. The van der Waals surface area contributed by atoms with E-state index in [0.717, 1.165) is 17.7 Å². The Morgan fingerprint density at radius 1 is 1.48 bits per heavy atom. The fraction of sp³-hybridized carbons (Fsp3) is 0.267. The van der Waals surface area contributed by atoms with Gasteiger partial charge in [0.2, 0.25) is 0 Å². The molecular formula is C15H14ClFO3S. The number of thiophene rings is 1. The van der Waals surface area contributed by atoms with Gasteiger partial charge in [-0.05, 0) is 18.6 Å². The number of carboxylic acid groups (broad SMARTS) is 1. The maximum absolute atomic E-state index is 13.8. The van der Waals surface area contributed by atoms with Crippen molar-refractivity contribution in [2.24, 2.45) is 0 Å². The highest BCUT2D eigenvalue weighted by Gasteiger charge is 2.17. The largest absolute Gasteiger partial charge is 0.487 e. The molecule has 0 saturated carbocycles. The van der Waals surface area contributed by atoms with Gasteiger partial charge in [-0.15, -0.1) is 11.3 Å². The summed E-state index contributed by atoms with van der Waals surface area (Å²) in [5.74, 6) is -1.31. The monoisotopic (exact) mass is 328 g/mol. The molecule has 1 heterocycles. The molecule has 21 heavy (non-hydrogen) atoms. The number of carboxylic acids is 1. The van der Waals surface area contributed by atoms with Crippen molar-refractivity contribution < 1.29 is 19.0 Å². The highest BCUT2D eigenvalue weighted by Crippen LogP contribution is 2.31. The maximum Gasteiger partial charge on any atom is 0.349 e. The number of hydrogen-bond acceptors (Lipinski definition) is 3. The molecule has 0 bridgehead atoms. The molecule has 0 aliphatic heterocycles. The van der Waals surface area contributed by atoms with E-state index in [1.54, 1.807) is 18.2 Å². The molecule has 3 nitrogen and oxygen atoms in total. The van der Waals surface area contributed by atoms with Gasteiger partial charge in [-0.25, -0.2) is 9.18 Å². The summed E-state index contributed by atoms with van der Waals surface area (Å²) >= 11 is 6.89. The van der Waals surface area contributed by atoms with E-state index in [2.05, 4.69) is 0 Å². The van der Waals surface area contributed by atoms with Crippen molar-refractivity contribution >= 4 is 28.9 Å². The Morgan fingerprint density at radius 3 is 2.90 bits per heavy atom. The van der Waals surface area contributed by atoms with Crippen LogP contribution < -0.4 is 4.74 Å². The van der Waals surface area contributed by atoms with Crippen molar-refractivity contribution in [3.63, 3.8) is 0 Å². The molecule has 1 aromatic heterocycles. The Bertz CT molecular complexity index is 654. The summed E-state index contributed by atoms with van der Waals surface area (Å²) < 4.78 is 19.2. The van der Waals surface area contributed by atoms with E-state index in [0.29, 0.717) is 5.56 Å². The van der Waals surface area contributed by atoms with Gasteiger partial charge < -0.3 is 9.84 Å². The smallest absolute Gasteiger partial charge is 0.349 e. The van der Waals surface area contributed by atoms with Crippen molar-refractivity contribution in [3.05, 3.63) is 50.4 Å². The van der Waals surface area contributed by atoms with Gasteiger partial charge in [-0.1, -0.05) is 37.1 Å². The molecule has 0 aliphatic carbocycles. The first kappa shape index (κ1) is 15.8. The normalized spacial score (nSPS) is 10.6. The van der Waals surface area contributed by atoms with Crippen LogP contribution in [0.5, 0.6) is 5.75 Å². The summed E-state index contributed by atoms with van der Waals surface area (Å²) in [6.45, 7) is 1.96. The molecule has 0 fully saturated rings. The lowest BCUT2D eigenvalue weighted by atomic mass is 10.2. The van der Waals surface area contributed by atoms with Gasteiger partial charge in [0, 0.05) is 10.4 Å². The van der Waals surface area contributed by atoms with E-state index in [1.807, 2.05) is 6.92 Å². The molecule has 2 rings (SSSR count). The third-order valence-electron chi connectivity index (χ3n) is 2.85. The highest BCUT2D eigenvalue weighted by molar-refractivity contribution is 7.14. The van der Waals surface area contributed by atoms with Crippen LogP contribution in [0.3, 0.4) is 0 Å². The van der Waals surface area contributed by atoms with Gasteiger partial charge >= 0.3 is 5.97 Å². The van der Waals surface area contributed by atoms with Crippen LogP contribution in [-0.2, 0) is 13.0 Å². The number of hydrogen-bond donors (Lipinski definition) is 1. The van der Waals surface area contributed by atoms with Crippen molar-refractivity contribution in [3.8, 4) is 5.75 Å². The molecule has 0 radical (unpaired) electrons. The topological polar surface area (TPSA) is 46.5 Å². The molecular weight excluding hydrogens is 315 g/mol. The minimum atomic E-state index is -1.04. The number of carbonyl (C=O) groups is 1. The van der Waals surface area contributed by atoms with Crippen LogP contribution in [0.2, 0.25) is 5.02 Å². The van der Waals surface area contributed by atoms with Crippen molar-refractivity contribution in [2.75, 3.05) is 0 Å². The molecule has 112 valence electrons. The lowest BCUT2D eigenvalue weighted by Gasteiger charge is -2.07. The molecule has 1 aromatic carbocycles. The zero-order chi connectivity index (χ0) is 15.4. The fourth-order valence-corrected chi connectivity index (χ4v) is 3.10. The van der Waals surface area contributed by atoms with Gasteiger partial charge in [0.25, 0.3) is 0 Å². The predicted molar refractivity (Wildman–Crippen MR) is 81.0 cm³/mol. The van der Waals surface area contributed by atoms with Gasteiger partial charge in [0.1, 0.15) is 18.2 Å². The summed E-state index contributed by atoms with van der Waals surface area (Å²) in [5, 5.41) is 9.20. The Kier molecular flexibility index (Phi) is 5.20. The van der Waals surface area contributed by atoms with Crippen LogP contribution in [-0.4, -0.2) is 11.1 Å². The lowest BCUT2D eigenvalue weighted by molar-refractivity contribution is 0.0697. The molecule has 0 unspecified atom stereocenters. The summed E-state index contributed by atoms with van der Waals surface area (Å²) in [5.41, 5.74) is 0.294. The minimum Gasteiger partial charge on any atom is -0.487 e. The quantitative estimate of drug-likeness (QED) is 0.830. The van der Waals surface area contributed by atoms with Gasteiger partial charge in [-0.2, -0.15) is 0 Å². The van der Waals surface area contributed by atoms with E-state index < -0.39 is 11.8 Å². The van der Waals surface area contributed by atoms with Gasteiger partial charge in [0.05, 0.1) is 5.02 Å². The van der Waals surface area contributed by atoms with Crippen LogP contribution in [0.15, 0.2) is 24.3 Å². The maximum atomic E-state index is 13.8. The first-order valence-electron chi connectivity index (χ1n) is 6.44. The first-order chi connectivity index (χ1) is 10.0. The molecule has 2 aromatic rings. The Labute approximate surface area is 130 Å². The van der Waals surface area contributed by atoms with Crippen LogP contribution in [0, 0.1) is 5.82 Å². The number of ether oxygens (including phenoxy) is 1. The van der Waals surface area contributed by atoms with Crippen molar-refractivity contribution in [1.82, 2.24) is 0 Å². The first-order valence-corrected chi connectivity index (χ1v) is 7.64. The van der Waals surface area contributed by atoms with E-state index in [1.165, 1.54) is 17.4 Å². The average molecular weight is 329 g/mol. The number of halogens is 2. The Morgan fingerprint density at radius 2 is 2.24 bits per heavy atom. The Balaban J connectivity index is 2.19. The summed E-state index contributed by atoms with van der Waals surface area (Å²) in [7, 11) is 0. The number of aryl methyl sites for hydroxylation is 1. The summed E-state index contributed by atoms with van der Waals surface area (Å²) in [4.78, 5) is 12.3. The third kappa shape index (κ3) is 3.74. The molecule has 6 heteroatoms. The van der Waals surface area contributed by atoms with Crippen molar-refractivity contribution in [2.45, 2.75) is 26.4 Å². The van der Waals surface area contributed by atoms with E-state index in [-0.39, 0.29) is 22.3 Å². The van der Waals surface area contributed by atoms with Crippen LogP contribution in [0.1, 0.15) is 33.5 Å². The third-order valence-corrected chi connectivity index (χ3v) is 4.31. The lowest BCUT2D eigenvalue weighted by Crippen LogP contribution is -2.02. The molecule has 0 saturated heterocycles. The van der Waals surface area contributed by atoms with Gasteiger partial charge in [0.15, 0.2) is 4.88 Å². The molecule has 0 atom stereocenters. The summed E-state index contributed by atoms with van der Waals surface area (Å²) in [6, 6.07) is 6.34. The standard InChI is InChI=1S/C15H14ClFO3S/c1-2-4-10-7-12(14(21-10)15(18)19)20-8-9-5-3-6-11(16)13(9)17/h3,5-7H,2,4,8H2,1H3,(H,18,19). The zero-order valence-corrected chi connectivity index (χ0v) is 12.9. The predicted octanol–water partition coefficient (Wildman–Crippen LogP) is 4.77. The van der Waals surface area contributed by atoms with Crippen molar-refractivity contribution in [1.29, 1.82) is 0 Å².